The van der Waals surface area contributed by atoms with Crippen molar-refractivity contribution in [3.05, 3.63) is 24.2 Å². The largest absolute Gasteiger partial charge is 0.461 e. The molecule has 0 amide bonds. The van der Waals surface area contributed by atoms with Crippen molar-refractivity contribution in [1.29, 1.82) is 0 Å². The van der Waals surface area contributed by atoms with Crippen molar-refractivity contribution in [3.8, 4) is 5.75 Å². The molecule has 29 heavy (non-hydrogen) atoms. The van der Waals surface area contributed by atoms with Gasteiger partial charge >= 0.3 is 5.97 Å². The summed E-state index contributed by atoms with van der Waals surface area (Å²) in [5.41, 5.74) is 0.474. The highest BCUT2D eigenvalue weighted by Gasteiger charge is 2.34. The number of carbonyl (C=O) groups excluding carboxylic acids is 1. The summed E-state index contributed by atoms with van der Waals surface area (Å²) in [5, 5.41) is 3.22. The lowest BCUT2D eigenvalue weighted by atomic mass is 10.1. The Bertz CT molecular complexity index is 874. The number of ether oxygens (including phenoxy) is 2. The average Bonchev–Trinajstić information content (AvgIpc) is 2.79. The number of halogens is 1. The Morgan fingerprint density at radius 2 is 2.14 bits per heavy atom. The zero-order valence-electron chi connectivity index (χ0n) is 17.0. The normalized spacial score (nSPS) is 19.1. The first-order valence-electron chi connectivity index (χ1n) is 9.39. The van der Waals surface area contributed by atoms with Crippen molar-refractivity contribution in [1.82, 2.24) is 4.31 Å². The first-order valence-corrected chi connectivity index (χ1v) is 12.1. The summed E-state index contributed by atoms with van der Waals surface area (Å²) in [6.07, 6.45) is 5.07. The molecule has 1 atom stereocenters. The van der Waals surface area contributed by atoms with Crippen LogP contribution in [0.25, 0.3) is 0 Å². The number of hydrogen-bond donors (Lipinski definition) is 1. The number of nitrogens with one attached hydrogen (secondary N) is 1. The third-order valence-electron chi connectivity index (χ3n) is 4.62. The van der Waals surface area contributed by atoms with Gasteiger partial charge in [-0.15, -0.1) is 11.8 Å². The van der Waals surface area contributed by atoms with Crippen LogP contribution in [-0.2, 0) is 19.6 Å². The summed E-state index contributed by atoms with van der Waals surface area (Å²) in [5.74, 6) is -2.20. The maximum Gasteiger partial charge on any atom is 0.370 e. The van der Waals surface area contributed by atoms with Crippen molar-refractivity contribution in [2.75, 3.05) is 31.8 Å². The number of benzene rings is 1. The molecule has 1 heterocycles. The van der Waals surface area contributed by atoms with Gasteiger partial charge < -0.3 is 14.8 Å². The van der Waals surface area contributed by atoms with Crippen molar-refractivity contribution in [3.63, 3.8) is 0 Å². The van der Waals surface area contributed by atoms with Crippen LogP contribution in [0.4, 0.5) is 10.1 Å². The van der Waals surface area contributed by atoms with Crippen molar-refractivity contribution < 1.29 is 27.1 Å². The van der Waals surface area contributed by atoms with E-state index in [0.29, 0.717) is 23.4 Å². The van der Waals surface area contributed by atoms with Gasteiger partial charge in [-0.25, -0.2) is 13.2 Å². The van der Waals surface area contributed by atoms with Crippen LogP contribution in [0, 0.1) is 0 Å². The highest BCUT2D eigenvalue weighted by atomic mass is 32.2. The van der Waals surface area contributed by atoms with Gasteiger partial charge in [-0.3, -0.25) is 0 Å². The fraction of sp³-hybridized carbons (Fsp3) is 0.526. The van der Waals surface area contributed by atoms with Crippen LogP contribution in [-0.4, -0.2) is 51.2 Å². The van der Waals surface area contributed by atoms with E-state index in [1.165, 1.54) is 22.1 Å². The van der Waals surface area contributed by atoms with E-state index >= 15 is 0 Å². The molecule has 10 heteroatoms. The first kappa shape index (κ1) is 23.5. The van der Waals surface area contributed by atoms with Crippen LogP contribution < -0.4 is 10.1 Å². The molecular formula is C19H27FN2O5S2. The molecular weight excluding hydrogens is 419 g/mol. The van der Waals surface area contributed by atoms with Gasteiger partial charge in [0.1, 0.15) is 16.9 Å². The van der Waals surface area contributed by atoms with E-state index in [1.54, 1.807) is 26.3 Å². The zero-order valence-corrected chi connectivity index (χ0v) is 18.7. The minimum atomic E-state index is -3.77. The van der Waals surface area contributed by atoms with Crippen LogP contribution >= 0.6 is 11.8 Å². The molecule has 0 saturated heterocycles. The molecule has 162 valence electrons. The van der Waals surface area contributed by atoms with E-state index in [0.717, 1.165) is 19.3 Å². The Kier molecular flexibility index (Phi) is 8.35. The lowest BCUT2D eigenvalue weighted by Crippen LogP contribution is -2.39. The number of carbonyl (C=O) groups is 1. The van der Waals surface area contributed by atoms with Crippen LogP contribution in [0.15, 0.2) is 34.0 Å². The van der Waals surface area contributed by atoms with Crippen molar-refractivity contribution >= 4 is 33.4 Å². The third kappa shape index (κ3) is 5.43. The van der Waals surface area contributed by atoms with Gasteiger partial charge in [0, 0.05) is 25.7 Å². The number of fused-ring (bicyclic) bond motifs is 1. The second-order valence-electron chi connectivity index (χ2n) is 6.50. The van der Waals surface area contributed by atoms with Crippen LogP contribution in [0.3, 0.4) is 0 Å². The van der Waals surface area contributed by atoms with E-state index in [2.05, 4.69) is 17.0 Å². The van der Waals surface area contributed by atoms with E-state index < -0.39 is 21.8 Å². The number of nitrogens with zero attached hydrogens (tertiary/aromatic N) is 1. The van der Waals surface area contributed by atoms with E-state index in [1.807, 2.05) is 0 Å². The predicted octanol–water partition coefficient (Wildman–Crippen LogP) is 3.77. The second kappa shape index (κ2) is 10.3. The van der Waals surface area contributed by atoms with Crippen molar-refractivity contribution in [2.45, 2.75) is 48.9 Å². The molecule has 1 unspecified atom stereocenters. The Balaban J connectivity index is 2.41. The molecule has 0 aliphatic carbocycles. The molecule has 1 aliphatic heterocycles. The molecule has 0 saturated carbocycles. The summed E-state index contributed by atoms with van der Waals surface area (Å²) in [6.45, 7) is 4.15. The molecule has 0 fully saturated rings. The predicted molar refractivity (Wildman–Crippen MR) is 111 cm³/mol. The fourth-order valence-corrected chi connectivity index (χ4v) is 5.03. The smallest absolute Gasteiger partial charge is 0.370 e. The van der Waals surface area contributed by atoms with Gasteiger partial charge in [-0.1, -0.05) is 19.8 Å². The Labute approximate surface area is 175 Å². The maximum atomic E-state index is 13.8. The highest BCUT2D eigenvalue weighted by Crippen LogP contribution is 2.39. The molecule has 0 aromatic heterocycles. The molecule has 1 N–H and O–H groups in total. The molecule has 0 radical (unpaired) electrons. The van der Waals surface area contributed by atoms with Gasteiger partial charge in [0.05, 0.1) is 17.2 Å². The summed E-state index contributed by atoms with van der Waals surface area (Å²) >= 11 is 1.32. The number of thioether (sulfide) groups is 1. The Morgan fingerprint density at radius 1 is 1.41 bits per heavy atom. The van der Waals surface area contributed by atoms with Crippen LogP contribution in [0.5, 0.6) is 5.75 Å². The molecule has 2 rings (SSSR count). The van der Waals surface area contributed by atoms with Crippen LogP contribution in [0.2, 0.25) is 0 Å². The lowest BCUT2D eigenvalue weighted by molar-refractivity contribution is -0.140. The van der Waals surface area contributed by atoms with E-state index in [4.69, 9.17) is 4.74 Å². The SMILES string of the molecule is CCCCC1CNc2cc(SC)c(O/C=C(\F)C(=O)OCC)cc2S(=O)(=O)N1C. The molecule has 1 aliphatic rings. The minimum Gasteiger partial charge on any atom is -0.461 e. The van der Waals surface area contributed by atoms with Crippen LogP contribution in [0.1, 0.15) is 33.1 Å². The standard InChI is InChI=1S/C19H27FN2O5S2/c1-5-7-8-13-11-21-15-9-17(28-4)16(10-18(15)29(24,25)22(13)3)27-12-14(20)19(23)26-6-2/h9-10,12-13,21H,5-8,11H2,1-4H3/b14-12-. The number of hydrogen-bond acceptors (Lipinski definition) is 7. The fourth-order valence-electron chi connectivity index (χ4n) is 2.94. The lowest BCUT2D eigenvalue weighted by Gasteiger charge is -2.24. The first-order chi connectivity index (χ1) is 13.8. The van der Waals surface area contributed by atoms with Gasteiger partial charge in [-0.05, 0) is 25.7 Å². The highest BCUT2D eigenvalue weighted by molar-refractivity contribution is 7.98. The van der Waals surface area contributed by atoms with Crippen molar-refractivity contribution in [2.24, 2.45) is 0 Å². The second-order valence-corrected chi connectivity index (χ2v) is 9.32. The minimum absolute atomic E-state index is 0.0322. The molecule has 7 nitrogen and oxygen atoms in total. The molecule has 0 bridgehead atoms. The molecule has 1 aromatic carbocycles. The number of rotatable bonds is 8. The summed E-state index contributed by atoms with van der Waals surface area (Å²) < 4.78 is 51.3. The number of anilines is 1. The number of sulfonamides is 1. The van der Waals surface area contributed by atoms with E-state index in [9.17, 15) is 17.6 Å². The average molecular weight is 447 g/mol. The quantitative estimate of drug-likeness (QED) is 0.282. The topological polar surface area (TPSA) is 84.9 Å². The molecule has 1 aromatic rings. The maximum absolute atomic E-state index is 13.8. The Morgan fingerprint density at radius 3 is 2.76 bits per heavy atom. The summed E-state index contributed by atoms with van der Waals surface area (Å²) in [6, 6.07) is 2.85. The number of likely N-dealkylation sites (N-methyl/N-ethyl adjacent to an activating group) is 1. The zero-order chi connectivity index (χ0) is 21.6. The monoisotopic (exact) mass is 446 g/mol. The summed E-state index contributed by atoms with van der Waals surface area (Å²) in [7, 11) is -2.21. The van der Waals surface area contributed by atoms with Gasteiger partial charge in [-0.2, -0.15) is 8.70 Å². The number of esters is 1. The third-order valence-corrected chi connectivity index (χ3v) is 7.32. The van der Waals surface area contributed by atoms with Gasteiger partial charge in [0.2, 0.25) is 15.9 Å². The summed E-state index contributed by atoms with van der Waals surface area (Å²) in [4.78, 5) is 12.1. The number of unbranched alkanes of at least 4 members (excludes halogenated alkanes) is 1. The van der Waals surface area contributed by atoms with E-state index in [-0.39, 0.29) is 23.3 Å². The van der Waals surface area contributed by atoms with Gasteiger partial charge in [0.25, 0.3) is 0 Å². The Hall–Kier alpha value is -1.78. The van der Waals surface area contributed by atoms with Gasteiger partial charge in [0.15, 0.2) is 0 Å². The molecule has 0 spiro atoms.